The van der Waals surface area contributed by atoms with E-state index in [1.165, 1.54) is 4.90 Å². The van der Waals surface area contributed by atoms with Gasteiger partial charge in [0.15, 0.2) is 0 Å². The van der Waals surface area contributed by atoms with E-state index in [2.05, 4.69) is 39.8 Å². The largest absolute Gasteiger partial charge is 0.275 e. The summed E-state index contributed by atoms with van der Waals surface area (Å²) in [5.41, 5.74) is 0. The molecule has 15 heavy (non-hydrogen) atoms. The Balaban J connectivity index is 2.92. The summed E-state index contributed by atoms with van der Waals surface area (Å²) in [5.74, 6) is 1.15. The Kier molecular flexibility index (Phi) is 4.52. The topological polar surface area (TPSA) is 23.9 Å². The van der Waals surface area contributed by atoms with Gasteiger partial charge in [0.05, 0.1) is 0 Å². The van der Waals surface area contributed by atoms with Crippen molar-refractivity contribution < 1.29 is 0 Å². The molecule has 0 saturated carbocycles. The van der Waals surface area contributed by atoms with E-state index in [1.54, 1.807) is 0 Å². The summed E-state index contributed by atoms with van der Waals surface area (Å²) in [7, 11) is -0.381. The van der Waals surface area contributed by atoms with E-state index in [-0.39, 0.29) is 10.7 Å². The van der Waals surface area contributed by atoms with E-state index in [0.29, 0.717) is 17.1 Å². The van der Waals surface area contributed by atoms with Crippen LogP contribution in [-0.4, -0.2) is 5.25 Å². The lowest BCUT2D eigenvalue weighted by Gasteiger charge is -2.26. The summed E-state index contributed by atoms with van der Waals surface area (Å²) < 4.78 is 8.36. The van der Waals surface area contributed by atoms with Crippen molar-refractivity contribution in [3.63, 3.8) is 0 Å². The lowest BCUT2D eigenvalue weighted by molar-refractivity contribution is 0.483. The van der Waals surface area contributed by atoms with E-state index < -0.39 is 0 Å². The second kappa shape index (κ2) is 5.45. The van der Waals surface area contributed by atoms with Crippen molar-refractivity contribution in [1.82, 2.24) is 0 Å². The van der Waals surface area contributed by atoms with Gasteiger partial charge in [0.25, 0.3) is 0 Å². The summed E-state index contributed by atoms with van der Waals surface area (Å²) in [4.78, 5) is 1.17. The third-order valence-electron chi connectivity index (χ3n) is 2.58. The number of rotatable bonds is 4. The van der Waals surface area contributed by atoms with Crippen molar-refractivity contribution in [2.24, 2.45) is 11.8 Å². The van der Waals surface area contributed by atoms with Crippen LogP contribution in [0.2, 0.25) is 0 Å². The lowest BCUT2D eigenvalue weighted by atomic mass is 10.0. The molecule has 0 aromatic heterocycles. The zero-order valence-electron chi connectivity index (χ0n) is 10.0. The summed E-state index contributed by atoms with van der Waals surface area (Å²) in [6.45, 7) is 8.90. The highest BCUT2D eigenvalue weighted by molar-refractivity contribution is 7.86. The molecule has 1 nitrogen and oxygen atoms in total. The smallest absolute Gasteiger partial charge is 0.0244 e. The van der Waals surface area contributed by atoms with Crippen LogP contribution < -0.4 is 0 Å². The fourth-order valence-electron chi connectivity index (χ4n) is 2.04. The van der Waals surface area contributed by atoms with E-state index >= 15 is 0 Å². The molecule has 1 atom stereocenters. The van der Waals surface area contributed by atoms with Crippen molar-refractivity contribution in [3.05, 3.63) is 30.3 Å². The zero-order valence-corrected chi connectivity index (χ0v) is 10.8. The third-order valence-corrected chi connectivity index (χ3v) is 5.00. The van der Waals surface area contributed by atoms with E-state index in [0.717, 1.165) is 0 Å². The molecule has 0 saturated heterocycles. The normalized spacial score (nSPS) is 13.8. The van der Waals surface area contributed by atoms with Gasteiger partial charge in [0, 0.05) is 10.1 Å². The molecule has 0 fully saturated rings. The Labute approximate surface area is 95.8 Å². The van der Waals surface area contributed by atoms with Crippen molar-refractivity contribution in [2.45, 2.75) is 37.8 Å². The Bertz CT molecular complexity index is 309. The fraction of sp³-hybridized carbons (Fsp3) is 0.538. The lowest BCUT2D eigenvalue weighted by Crippen LogP contribution is -2.26. The summed E-state index contributed by atoms with van der Waals surface area (Å²) in [6.07, 6.45) is 0. The van der Waals surface area contributed by atoms with Crippen LogP contribution in [-0.2, 0) is 10.7 Å². The van der Waals surface area contributed by atoms with E-state index in [4.69, 9.17) is 4.78 Å². The van der Waals surface area contributed by atoms with Crippen molar-refractivity contribution in [1.29, 1.82) is 4.78 Å². The maximum Gasteiger partial charge on any atom is 0.0244 e. The monoisotopic (exact) mass is 223 g/mol. The molecule has 1 N–H and O–H groups in total. The summed E-state index contributed by atoms with van der Waals surface area (Å²) in [5, 5.41) is 0.465. The van der Waals surface area contributed by atoms with Crippen LogP contribution in [0.4, 0.5) is 0 Å². The van der Waals surface area contributed by atoms with Crippen molar-refractivity contribution >= 4 is 10.7 Å². The van der Waals surface area contributed by atoms with E-state index in [1.807, 2.05) is 18.2 Å². The van der Waals surface area contributed by atoms with Crippen LogP contribution in [0.1, 0.15) is 27.7 Å². The van der Waals surface area contributed by atoms with Gasteiger partial charge < -0.3 is 0 Å². The summed E-state index contributed by atoms with van der Waals surface area (Å²) in [6, 6.07) is 10.2. The van der Waals surface area contributed by atoms with E-state index in [9.17, 15) is 0 Å². The fourth-order valence-corrected chi connectivity index (χ4v) is 3.89. The molecule has 2 heteroatoms. The second-order valence-corrected chi connectivity index (χ2v) is 6.29. The molecular formula is C13H21NS. The molecule has 1 aromatic rings. The number of benzene rings is 1. The zero-order chi connectivity index (χ0) is 11.4. The van der Waals surface area contributed by atoms with Gasteiger partial charge in [-0.2, -0.15) is 0 Å². The molecular weight excluding hydrogens is 202 g/mol. The minimum absolute atomic E-state index is 0.381. The SMILES string of the molecule is CC(C)C(C(C)C)[S@](=N)c1ccccc1. The van der Waals surface area contributed by atoms with Crippen LogP contribution in [0, 0.1) is 16.6 Å². The van der Waals surface area contributed by atoms with Gasteiger partial charge in [-0.25, -0.2) is 0 Å². The molecule has 0 heterocycles. The van der Waals surface area contributed by atoms with Gasteiger partial charge in [-0.1, -0.05) is 56.6 Å². The first-order valence-electron chi connectivity index (χ1n) is 5.53. The molecule has 0 aliphatic carbocycles. The predicted molar refractivity (Wildman–Crippen MR) is 68.3 cm³/mol. The quantitative estimate of drug-likeness (QED) is 0.794. The first-order valence-corrected chi connectivity index (χ1v) is 6.82. The molecule has 0 aliphatic heterocycles. The molecule has 0 unspecified atom stereocenters. The molecule has 0 radical (unpaired) electrons. The van der Waals surface area contributed by atoms with Crippen LogP contribution in [0.25, 0.3) is 0 Å². The maximum atomic E-state index is 8.36. The average molecular weight is 223 g/mol. The molecule has 1 rings (SSSR count). The highest BCUT2D eigenvalue weighted by Gasteiger charge is 2.22. The minimum Gasteiger partial charge on any atom is -0.275 e. The summed E-state index contributed by atoms with van der Waals surface area (Å²) >= 11 is 0. The molecule has 0 amide bonds. The first-order chi connectivity index (χ1) is 7.04. The Morgan fingerprint density at radius 1 is 0.933 bits per heavy atom. The van der Waals surface area contributed by atoms with Gasteiger partial charge in [0.1, 0.15) is 0 Å². The predicted octanol–water partition coefficient (Wildman–Crippen LogP) is 4.11. The molecule has 0 aliphatic rings. The number of hydrogen-bond donors (Lipinski definition) is 1. The Hall–Kier alpha value is -0.630. The molecule has 0 spiro atoms. The first kappa shape index (κ1) is 12.4. The molecule has 1 aromatic carbocycles. The van der Waals surface area contributed by atoms with Crippen LogP contribution >= 0.6 is 0 Å². The van der Waals surface area contributed by atoms with Gasteiger partial charge in [-0.3, -0.25) is 4.78 Å². The van der Waals surface area contributed by atoms with Crippen molar-refractivity contribution in [3.8, 4) is 0 Å². The minimum atomic E-state index is -0.381. The highest BCUT2D eigenvalue weighted by Crippen LogP contribution is 2.24. The molecule has 84 valence electrons. The Morgan fingerprint density at radius 2 is 1.40 bits per heavy atom. The Morgan fingerprint density at radius 3 is 1.80 bits per heavy atom. The van der Waals surface area contributed by atoms with Crippen LogP contribution in [0.3, 0.4) is 0 Å². The average Bonchev–Trinajstić information content (AvgIpc) is 2.18. The third kappa shape index (κ3) is 3.16. The number of hydrogen-bond acceptors (Lipinski definition) is 1. The highest BCUT2D eigenvalue weighted by atomic mass is 32.2. The standard InChI is InChI=1S/C13H21NS/c1-10(2)13(11(3)4)15(14)12-8-6-5-7-9-12/h5-11,13-14H,1-4H3/t15-/m1/s1. The van der Waals surface area contributed by atoms with Gasteiger partial charge in [-0.05, 0) is 24.0 Å². The van der Waals surface area contributed by atoms with Crippen LogP contribution in [0.15, 0.2) is 35.2 Å². The number of nitrogens with one attached hydrogen (secondary N) is 1. The molecule has 0 bridgehead atoms. The second-order valence-electron chi connectivity index (χ2n) is 4.60. The van der Waals surface area contributed by atoms with Crippen LogP contribution in [0.5, 0.6) is 0 Å². The maximum absolute atomic E-state index is 8.36. The van der Waals surface area contributed by atoms with Gasteiger partial charge in [-0.15, -0.1) is 0 Å². The van der Waals surface area contributed by atoms with Gasteiger partial charge >= 0.3 is 0 Å². The van der Waals surface area contributed by atoms with Gasteiger partial charge in [0.2, 0.25) is 0 Å². The van der Waals surface area contributed by atoms with Crippen molar-refractivity contribution in [2.75, 3.05) is 0 Å².